The second kappa shape index (κ2) is 10.6. The third-order valence-electron chi connectivity index (χ3n) is 11.3. The van der Waals surface area contributed by atoms with E-state index in [2.05, 4.69) is 148 Å². The lowest BCUT2D eigenvalue weighted by atomic mass is 9.65. The smallest absolute Gasteiger partial charge is 0.182 e. The van der Waals surface area contributed by atoms with Gasteiger partial charge in [-0.25, -0.2) is 4.98 Å². The van der Waals surface area contributed by atoms with E-state index >= 15 is 0 Å². The molecule has 1 aliphatic heterocycles. The first-order chi connectivity index (χ1) is 25.6. The van der Waals surface area contributed by atoms with Crippen LogP contribution >= 0.6 is 0 Å². The predicted molar refractivity (Wildman–Crippen MR) is 209 cm³/mol. The summed E-state index contributed by atoms with van der Waals surface area (Å²) >= 11 is 0. The summed E-state index contributed by atoms with van der Waals surface area (Å²) in [5, 5.41) is 11.6. The molecule has 0 radical (unpaired) electrons. The SMILES string of the molecule is Cc1nnc(-c2cc(-c3ccccn3)cc(-c3cccc4c3-c3ccccc3C43c4ccccc4-n4c5ccccc5c5cccc3c54)c2)nc1C. The second-order valence-electron chi connectivity index (χ2n) is 13.9. The molecule has 52 heavy (non-hydrogen) atoms. The molecule has 1 spiro atoms. The largest absolute Gasteiger partial charge is 0.309 e. The van der Waals surface area contributed by atoms with Gasteiger partial charge >= 0.3 is 0 Å². The zero-order valence-corrected chi connectivity index (χ0v) is 28.7. The van der Waals surface area contributed by atoms with Crippen LogP contribution in [0.3, 0.4) is 0 Å². The summed E-state index contributed by atoms with van der Waals surface area (Å²) in [5.74, 6) is 0.604. The van der Waals surface area contributed by atoms with E-state index in [1.807, 2.05) is 32.2 Å². The number of hydrogen-bond donors (Lipinski definition) is 0. The molecule has 0 bridgehead atoms. The number of para-hydroxylation sites is 3. The summed E-state index contributed by atoms with van der Waals surface area (Å²) in [5.41, 5.74) is 17.6. The van der Waals surface area contributed by atoms with Gasteiger partial charge in [0.2, 0.25) is 0 Å². The molecule has 1 unspecified atom stereocenters. The molecule has 9 aromatic rings. The molecule has 6 aromatic carbocycles. The minimum absolute atomic E-state index is 0.523. The van der Waals surface area contributed by atoms with Crippen LogP contribution in [-0.4, -0.2) is 24.7 Å². The highest BCUT2D eigenvalue weighted by Crippen LogP contribution is 2.62. The van der Waals surface area contributed by atoms with Crippen molar-refractivity contribution in [3.05, 3.63) is 185 Å². The number of rotatable bonds is 3. The van der Waals surface area contributed by atoms with Crippen LogP contribution in [0.4, 0.5) is 0 Å². The molecule has 2 aliphatic rings. The number of hydrogen-bond acceptors (Lipinski definition) is 4. The molecule has 1 atom stereocenters. The Morgan fingerprint density at radius 3 is 2.10 bits per heavy atom. The fraction of sp³-hybridized carbons (Fsp3) is 0.0638. The molecule has 0 amide bonds. The van der Waals surface area contributed by atoms with Crippen molar-refractivity contribution in [2.45, 2.75) is 19.3 Å². The lowest BCUT2D eigenvalue weighted by Gasteiger charge is -2.39. The fourth-order valence-corrected chi connectivity index (χ4v) is 9.02. The molecular formula is C47H31N5. The number of benzene rings is 6. The molecule has 0 N–H and O–H groups in total. The predicted octanol–water partition coefficient (Wildman–Crippen LogP) is 10.7. The fourth-order valence-electron chi connectivity index (χ4n) is 9.02. The van der Waals surface area contributed by atoms with Gasteiger partial charge in [0.25, 0.3) is 0 Å². The summed E-state index contributed by atoms with van der Waals surface area (Å²) in [6.45, 7) is 3.93. The minimum Gasteiger partial charge on any atom is -0.309 e. The Hall–Kier alpha value is -6.72. The summed E-state index contributed by atoms with van der Waals surface area (Å²) in [7, 11) is 0. The minimum atomic E-state index is -0.523. The van der Waals surface area contributed by atoms with Gasteiger partial charge < -0.3 is 4.57 Å². The highest BCUT2D eigenvalue weighted by atomic mass is 15.2. The van der Waals surface area contributed by atoms with Gasteiger partial charge in [0, 0.05) is 28.1 Å². The van der Waals surface area contributed by atoms with E-state index in [9.17, 15) is 0 Å². The van der Waals surface area contributed by atoms with Crippen molar-refractivity contribution in [3.63, 3.8) is 0 Å². The molecule has 244 valence electrons. The molecular weight excluding hydrogens is 635 g/mol. The lowest BCUT2D eigenvalue weighted by Crippen LogP contribution is -2.33. The molecule has 0 fully saturated rings. The van der Waals surface area contributed by atoms with Crippen molar-refractivity contribution in [3.8, 4) is 50.6 Å². The van der Waals surface area contributed by atoms with Gasteiger partial charge in [-0.2, -0.15) is 5.10 Å². The second-order valence-corrected chi connectivity index (χ2v) is 13.9. The number of aromatic nitrogens is 5. The third kappa shape index (κ3) is 3.77. The van der Waals surface area contributed by atoms with Gasteiger partial charge in [-0.05, 0) is 101 Å². The van der Waals surface area contributed by atoms with Crippen molar-refractivity contribution in [1.82, 2.24) is 24.7 Å². The van der Waals surface area contributed by atoms with Gasteiger partial charge in [0.15, 0.2) is 5.82 Å². The summed E-state index contributed by atoms with van der Waals surface area (Å²) in [6.07, 6.45) is 1.84. The Morgan fingerprint density at radius 1 is 0.519 bits per heavy atom. The summed E-state index contributed by atoms with van der Waals surface area (Å²) in [4.78, 5) is 9.63. The zero-order valence-electron chi connectivity index (χ0n) is 28.7. The zero-order chi connectivity index (χ0) is 34.6. The van der Waals surface area contributed by atoms with Crippen LogP contribution in [0.25, 0.3) is 72.4 Å². The highest BCUT2D eigenvalue weighted by Gasteiger charge is 2.51. The average molecular weight is 666 g/mol. The molecule has 0 saturated heterocycles. The van der Waals surface area contributed by atoms with E-state index in [0.29, 0.717) is 5.82 Å². The summed E-state index contributed by atoms with van der Waals surface area (Å²) in [6, 6.07) is 53.2. The molecule has 4 heterocycles. The van der Waals surface area contributed by atoms with Gasteiger partial charge in [-0.3, -0.25) is 4.98 Å². The Kier molecular flexibility index (Phi) is 5.95. The van der Waals surface area contributed by atoms with E-state index in [1.54, 1.807) is 0 Å². The monoisotopic (exact) mass is 665 g/mol. The van der Waals surface area contributed by atoms with Crippen LogP contribution in [-0.2, 0) is 5.41 Å². The van der Waals surface area contributed by atoms with E-state index in [-0.39, 0.29) is 0 Å². The average Bonchev–Trinajstić information content (AvgIpc) is 3.70. The van der Waals surface area contributed by atoms with Gasteiger partial charge in [0.05, 0.1) is 39.2 Å². The normalized spacial score (nSPS) is 15.2. The van der Waals surface area contributed by atoms with Gasteiger partial charge in [-0.15, -0.1) is 5.10 Å². The maximum atomic E-state index is 4.88. The Labute approximate surface area is 300 Å². The lowest BCUT2D eigenvalue weighted by molar-refractivity contribution is 0.748. The first-order valence-electron chi connectivity index (χ1n) is 17.7. The standard InChI is InChI=1S/C47H31N5/c1-28-29(2)50-51-46(49-28)32-26-30(25-31(27-32)41-21-9-10-24-48-41)33-15-11-19-39-44(33)36-14-3-5-17-37(36)47(39)38-18-6-8-23-43(38)52-42-22-7-4-13-34(42)35-16-12-20-40(47)45(35)52/h3-27H,1-2H3. The van der Waals surface area contributed by atoms with E-state index < -0.39 is 5.41 Å². The molecule has 11 rings (SSSR count). The Bertz CT molecular complexity index is 2940. The van der Waals surface area contributed by atoms with Crippen molar-refractivity contribution in [1.29, 1.82) is 0 Å². The van der Waals surface area contributed by atoms with E-state index in [4.69, 9.17) is 9.97 Å². The first kappa shape index (κ1) is 29.1. The number of fused-ring (bicyclic) bond motifs is 12. The van der Waals surface area contributed by atoms with Crippen LogP contribution in [0.5, 0.6) is 0 Å². The van der Waals surface area contributed by atoms with Crippen molar-refractivity contribution >= 4 is 21.8 Å². The van der Waals surface area contributed by atoms with Crippen LogP contribution in [0.1, 0.15) is 33.6 Å². The third-order valence-corrected chi connectivity index (χ3v) is 11.3. The molecule has 1 aliphatic carbocycles. The molecule has 3 aromatic heterocycles. The van der Waals surface area contributed by atoms with Crippen molar-refractivity contribution in [2.75, 3.05) is 0 Å². The van der Waals surface area contributed by atoms with Crippen LogP contribution in [0, 0.1) is 13.8 Å². The van der Waals surface area contributed by atoms with E-state index in [0.717, 1.165) is 39.3 Å². The Balaban J connectivity index is 1.25. The van der Waals surface area contributed by atoms with Crippen LogP contribution < -0.4 is 0 Å². The van der Waals surface area contributed by atoms with Crippen molar-refractivity contribution in [2.24, 2.45) is 0 Å². The van der Waals surface area contributed by atoms with Crippen molar-refractivity contribution < 1.29 is 0 Å². The Morgan fingerprint density at radius 2 is 1.21 bits per heavy atom. The number of pyridine rings is 1. The number of nitrogens with zero attached hydrogens (tertiary/aromatic N) is 5. The van der Waals surface area contributed by atoms with Crippen LogP contribution in [0.15, 0.2) is 152 Å². The number of aryl methyl sites for hydroxylation is 2. The highest BCUT2D eigenvalue weighted by molar-refractivity contribution is 6.13. The van der Waals surface area contributed by atoms with E-state index in [1.165, 1.54) is 60.9 Å². The quantitative estimate of drug-likeness (QED) is 0.188. The molecule has 5 heteroatoms. The van der Waals surface area contributed by atoms with Gasteiger partial charge in [0.1, 0.15) is 0 Å². The molecule has 0 saturated carbocycles. The van der Waals surface area contributed by atoms with Gasteiger partial charge in [-0.1, -0.05) is 103 Å². The summed E-state index contributed by atoms with van der Waals surface area (Å²) < 4.78 is 2.49. The maximum absolute atomic E-state index is 4.88. The maximum Gasteiger partial charge on any atom is 0.182 e. The molecule has 5 nitrogen and oxygen atoms in total. The van der Waals surface area contributed by atoms with Crippen LogP contribution in [0.2, 0.25) is 0 Å². The first-order valence-corrected chi connectivity index (χ1v) is 17.7. The topological polar surface area (TPSA) is 56.5 Å².